The second-order valence-corrected chi connectivity index (χ2v) is 4.55. The molecule has 1 unspecified atom stereocenters. The van der Waals surface area contributed by atoms with Crippen LogP contribution in [0.3, 0.4) is 0 Å². The summed E-state index contributed by atoms with van der Waals surface area (Å²) in [5.74, 6) is 1.07. The Labute approximate surface area is 126 Å². The van der Waals surface area contributed by atoms with E-state index in [9.17, 15) is 0 Å². The molecule has 3 nitrogen and oxygen atoms in total. The smallest absolute Gasteiger partial charge is 0.123 e. The van der Waals surface area contributed by atoms with Crippen molar-refractivity contribution >= 4 is 24.8 Å². The molecule has 1 aliphatic heterocycles. The molecule has 19 heavy (non-hydrogen) atoms. The first kappa shape index (κ1) is 16.0. The molecule has 0 radical (unpaired) electrons. The van der Waals surface area contributed by atoms with Crippen LogP contribution in [0.1, 0.15) is 31.1 Å². The molecule has 1 saturated heterocycles. The second-order valence-electron chi connectivity index (χ2n) is 4.55. The van der Waals surface area contributed by atoms with Crippen molar-refractivity contribution in [1.82, 2.24) is 15.3 Å². The summed E-state index contributed by atoms with van der Waals surface area (Å²) in [7, 11) is 0. The predicted octanol–water partition coefficient (Wildman–Crippen LogP) is 3.73. The van der Waals surface area contributed by atoms with Crippen molar-refractivity contribution < 1.29 is 0 Å². The molecule has 5 heteroatoms. The molecule has 2 heterocycles. The van der Waals surface area contributed by atoms with E-state index in [0.29, 0.717) is 6.04 Å². The van der Waals surface area contributed by atoms with Crippen molar-refractivity contribution in [3.63, 3.8) is 0 Å². The summed E-state index contributed by atoms with van der Waals surface area (Å²) in [6, 6.07) is 10.7. The van der Waals surface area contributed by atoms with Gasteiger partial charge in [0.1, 0.15) is 5.82 Å². The quantitative estimate of drug-likeness (QED) is 0.887. The SMILES string of the molecule is Cl.Cl.c1ccc(-c2cnc(C3CCCCN3)[nH]2)cc1. The van der Waals surface area contributed by atoms with Gasteiger partial charge < -0.3 is 10.3 Å². The van der Waals surface area contributed by atoms with Crippen LogP contribution in [0.2, 0.25) is 0 Å². The summed E-state index contributed by atoms with van der Waals surface area (Å²) in [5, 5.41) is 3.51. The molecule has 0 bridgehead atoms. The van der Waals surface area contributed by atoms with Gasteiger partial charge in [0.05, 0.1) is 17.9 Å². The second kappa shape index (κ2) is 7.53. The number of halogens is 2. The summed E-state index contributed by atoms with van der Waals surface area (Å²) in [6.07, 6.45) is 5.69. The highest BCUT2D eigenvalue weighted by Crippen LogP contribution is 2.23. The third-order valence-corrected chi connectivity index (χ3v) is 3.32. The number of H-pyrrole nitrogens is 1. The highest BCUT2D eigenvalue weighted by Gasteiger charge is 2.17. The van der Waals surface area contributed by atoms with Crippen LogP contribution in [0.25, 0.3) is 11.3 Å². The molecule has 1 atom stereocenters. The number of hydrogen-bond donors (Lipinski definition) is 2. The van der Waals surface area contributed by atoms with Gasteiger partial charge in [0.25, 0.3) is 0 Å². The first-order valence-corrected chi connectivity index (χ1v) is 6.27. The molecule has 0 saturated carbocycles. The Bertz CT molecular complexity index is 478. The average molecular weight is 300 g/mol. The monoisotopic (exact) mass is 299 g/mol. The number of benzene rings is 1. The fraction of sp³-hybridized carbons (Fsp3) is 0.357. The minimum Gasteiger partial charge on any atom is -0.341 e. The summed E-state index contributed by atoms with van der Waals surface area (Å²) >= 11 is 0. The van der Waals surface area contributed by atoms with Crippen LogP contribution >= 0.6 is 24.8 Å². The molecule has 1 aromatic heterocycles. The van der Waals surface area contributed by atoms with Crippen molar-refractivity contribution in [2.75, 3.05) is 6.54 Å². The van der Waals surface area contributed by atoms with Gasteiger partial charge in [0.2, 0.25) is 0 Å². The number of nitrogens with zero attached hydrogens (tertiary/aromatic N) is 1. The molecule has 104 valence electrons. The van der Waals surface area contributed by atoms with E-state index >= 15 is 0 Å². The van der Waals surface area contributed by atoms with E-state index in [1.165, 1.54) is 24.8 Å². The molecule has 0 aliphatic carbocycles. The normalized spacial score (nSPS) is 18.2. The maximum atomic E-state index is 4.50. The molecule has 0 spiro atoms. The van der Waals surface area contributed by atoms with Gasteiger partial charge in [-0.25, -0.2) is 4.98 Å². The zero-order valence-electron chi connectivity index (χ0n) is 10.6. The van der Waals surface area contributed by atoms with Crippen LogP contribution in [0.5, 0.6) is 0 Å². The maximum absolute atomic E-state index is 4.50. The van der Waals surface area contributed by atoms with Gasteiger partial charge in [0, 0.05) is 0 Å². The zero-order valence-corrected chi connectivity index (χ0v) is 12.3. The lowest BCUT2D eigenvalue weighted by molar-refractivity contribution is 0.399. The lowest BCUT2D eigenvalue weighted by Crippen LogP contribution is -2.27. The Morgan fingerprint density at radius 3 is 2.53 bits per heavy atom. The molecular formula is C14H19Cl2N3. The van der Waals surface area contributed by atoms with Crippen molar-refractivity contribution in [2.45, 2.75) is 25.3 Å². The Hall–Kier alpha value is -1.03. The summed E-state index contributed by atoms with van der Waals surface area (Å²) in [6.45, 7) is 1.10. The van der Waals surface area contributed by atoms with Crippen molar-refractivity contribution in [1.29, 1.82) is 0 Å². The lowest BCUT2D eigenvalue weighted by Gasteiger charge is -2.21. The number of piperidine rings is 1. The van der Waals surface area contributed by atoms with Crippen molar-refractivity contribution in [3.05, 3.63) is 42.4 Å². The molecule has 0 amide bonds. The third kappa shape index (κ3) is 3.72. The molecule has 2 N–H and O–H groups in total. The van der Waals surface area contributed by atoms with Crippen LogP contribution < -0.4 is 5.32 Å². The Morgan fingerprint density at radius 2 is 1.84 bits per heavy atom. The Kier molecular flexibility index (Phi) is 6.35. The van der Waals surface area contributed by atoms with Crippen LogP contribution in [0.15, 0.2) is 36.5 Å². The number of rotatable bonds is 2. The first-order valence-electron chi connectivity index (χ1n) is 6.27. The average Bonchev–Trinajstić information content (AvgIpc) is 2.90. The van der Waals surface area contributed by atoms with Gasteiger partial charge in [-0.1, -0.05) is 36.8 Å². The Morgan fingerprint density at radius 1 is 1.05 bits per heavy atom. The first-order chi connectivity index (χ1) is 8.43. The molecular weight excluding hydrogens is 281 g/mol. The van der Waals surface area contributed by atoms with Crippen LogP contribution in [0, 0.1) is 0 Å². The third-order valence-electron chi connectivity index (χ3n) is 3.32. The summed E-state index contributed by atoms with van der Waals surface area (Å²) < 4.78 is 0. The maximum Gasteiger partial charge on any atom is 0.123 e. The van der Waals surface area contributed by atoms with Gasteiger partial charge in [-0.3, -0.25) is 0 Å². The van der Waals surface area contributed by atoms with Crippen molar-refractivity contribution in [3.8, 4) is 11.3 Å². The fourth-order valence-electron chi connectivity index (χ4n) is 2.36. The van der Waals surface area contributed by atoms with E-state index < -0.39 is 0 Å². The van der Waals surface area contributed by atoms with Gasteiger partial charge in [-0.15, -0.1) is 24.8 Å². The number of aromatic nitrogens is 2. The molecule has 1 aliphatic rings. The largest absolute Gasteiger partial charge is 0.341 e. The fourth-order valence-corrected chi connectivity index (χ4v) is 2.36. The van der Waals surface area contributed by atoms with E-state index in [1.807, 2.05) is 12.3 Å². The minimum atomic E-state index is 0. The zero-order chi connectivity index (χ0) is 11.5. The van der Waals surface area contributed by atoms with Crippen molar-refractivity contribution in [2.24, 2.45) is 0 Å². The number of imidazole rings is 1. The number of hydrogen-bond acceptors (Lipinski definition) is 2. The van der Waals surface area contributed by atoms with Gasteiger partial charge in [-0.2, -0.15) is 0 Å². The van der Waals surface area contributed by atoms with E-state index in [0.717, 1.165) is 18.1 Å². The van der Waals surface area contributed by atoms with E-state index in [2.05, 4.69) is 39.6 Å². The van der Waals surface area contributed by atoms with E-state index in [1.54, 1.807) is 0 Å². The standard InChI is InChI=1S/C14H17N3.2ClH/c1-2-6-11(7-3-1)13-10-16-14(17-13)12-8-4-5-9-15-12;;/h1-3,6-7,10,12,15H,4-5,8-9H2,(H,16,17);2*1H. The number of nitrogens with one attached hydrogen (secondary N) is 2. The summed E-state index contributed by atoms with van der Waals surface area (Å²) in [5.41, 5.74) is 2.30. The van der Waals surface area contributed by atoms with Gasteiger partial charge >= 0.3 is 0 Å². The van der Waals surface area contributed by atoms with Gasteiger partial charge in [0.15, 0.2) is 0 Å². The molecule has 1 fully saturated rings. The summed E-state index contributed by atoms with van der Waals surface area (Å²) in [4.78, 5) is 7.92. The van der Waals surface area contributed by atoms with Crippen LogP contribution in [-0.2, 0) is 0 Å². The minimum absolute atomic E-state index is 0. The molecule has 2 aromatic rings. The van der Waals surface area contributed by atoms with E-state index in [-0.39, 0.29) is 24.8 Å². The van der Waals surface area contributed by atoms with Crippen LogP contribution in [0.4, 0.5) is 0 Å². The predicted molar refractivity (Wildman–Crippen MR) is 83.1 cm³/mol. The highest BCUT2D eigenvalue weighted by atomic mass is 35.5. The molecule has 3 rings (SSSR count). The lowest BCUT2D eigenvalue weighted by atomic mass is 10.0. The Balaban J connectivity index is 0.000000902. The number of aromatic amines is 1. The van der Waals surface area contributed by atoms with Gasteiger partial charge in [-0.05, 0) is 24.9 Å². The highest BCUT2D eigenvalue weighted by molar-refractivity contribution is 5.85. The molecule has 1 aromatic carbocycles. The topological polar surface area (TPSA) is 40.7 Å². The van der Waals surface area contributed by atoms with Crippen LogP contribution in [-0.4, -0.2) is 16.5 Å². The van der Waals surface area contributed by atoms with E-state index in [4.69, 9.17) is 0 Å².